The lowest BCUT2D eigenvalue weighted by Gasteiger charge is -2.28. The van der Waals surface area contributed by atoms with E-state index in [1.54, 1.807) is 0 Å². The minimum atomic E-state index is -1.82. The van der Waals surface area contributed by atoms with E-state index in [2.05, 4.69) is 29.2 Å². The number of aliphatic carboxylic acids is 2. The number of rotatable bonds is 2. The number of carboxylic acids is 2. The van der Waals surface area contributed by atoms with Crippen molar-refractivity contribution in [2.24, 2.45) is 0 Å². The van der Waals surface area contributed by atoms with Gasteiger partial charge in [0.25, 0.3) is 0 Å². The summed E-state index contributed by atoms with van der Waals surface area (Å²) in [5.74, 6) is -3.34. The average molecular weight is 334 g/mol. The van der Waals surface area contributed by atoms with Crippen LogP contribution in [0.4, 0.5) is 0 Å². The Labute approximate surface area is 140 Å². The summed E-state index contributed by atoms with van der Waals surface area (Å²) in [6.07, 6.45) is 3.62. The van der Waals surface area contributed by atoms with Gasteiger partial charge in [0.15, 0.2) is 0 Å². The van der Waals surface area contributed by atoms with Crippen LogP contribution in [0.15, 0.2) is 24.3 Å². The number of nitrogens with zero attached hydrogens (tertiary/aromatic N) is 2. The van der Waals surface area contributed by atoms with Crippen molar-refractivity contribution in [3.8, 4) is 0 Å². The van der Waals surface area contributed by atoms with Gasteiger partial charge in [-0.25, -0.2) is 9.59 Å². The van der Waals surface area contributed by atoms with Gasteiger partial charge < -0.3 is 15.1 Å². The van der Waals surface area contributed by atoms with E-state index < -0.39 is 11.9 Å². The number of carboxylic acid groups (broad SMARTS) is 2. The van der Waals surface area contributed by atoms with Gasteiger partial charge in [-0.05, 0) is 30.4 Å². The Morgan fingerprint density at radius 2 is 1.38 bits per heavy atom. The lowest BCUT2D eigenvalue weighted by molar-refractivity contribution is -0.159. The fourth-order valence-corrected chi connectivity index (χ4v) is 2.95. The lowest BCUT2D eigenvalue weighted by atomic mass is 10.1. The van der Waals surface area contributed by atoms with E-state index in [0.29, 0.717) is 12.5 Å². The van der Waals surface area contributed by atoms with E-state index in [1.165, 1.54) is 30.4 Å². The van der Waals surface area contributed by atoms with Gasteiger partial charge in [-0.1, -0.05) is 24.3 Å². The number of amides is 1. The molecule has 0 aliphatic carbocycles. The summed E-state index contributed by atoms with van der Waals surface area (Å²) in [6, 6.07) is 8.49. The molecular weight excluding hydrogens is 312 g/mol. The molecule has 0 saturated carbocycles. The molecule has 1 aromatic carbocycles. The van der Waals surface area contributed by atoms with E-state index in [9.17, 15) is 4.79 Å². The third kappa shape index (κ3) is 5.06. The Kier molecular flexibility index (Phi) is 6.31. The van der Waals surface area contributed by atoms with Gasteiger partial charge in [0.1, 0.15) is 0 Å². The van der Waals surface area contributed by atoms with Crippen LogP contribution < -0.4 is 0 Å². The maximum absolute atomic E-state index is 12.2. The van der Waals surface area contributed by atoms with Crippen molar-refractivity contribution < 1.29 is 24.6 Å². The molecule has 1 aromatic rings. The number of hydrogen-bond donors (Lipinski definition) is 2. The van der Waals surface area contributed by atoms with Crippen LogP contribution in [-0.2, 0) is 27.5 Å². The number of piperidine rings is 1. The van der Waals surface area contributed by atoms with Crippen LogP contribution in [0.5, 0.6) is 0 Å². The summed E-state index contributed by atoms with van der Waals surface area (Å²) in [5, 5.41) is 14.8. The molecule has 24 heavy (non-hydrogen) atoms. The van der Waals surface area contributed by atoms with Crippen molar-refractivity contribution in [3.05, 3.63) is 35.4 Å². The molecule has 0 bridgehead atoms. The molecule has 0 atom stereocenters. The van der Waals surface area contributed by atoms with E-state index in [1.807, 2.05) is 4.90 Å². The molecule has 0 spiro atoms. The Bertz CT molecular complexity index is 574. The minimum absolute atomic E-state index is 0.308. The highest BCUT2D eigenvalue weighted by atomic mass is 16.4. The van der Waals surface area contributed by atoms with Crippen LogP contribution in [0.3, 0.4) is 0 Å². The first kappa shape index (κ1) is 17.9. The molecule has 2 aliphatic heterocycles. The molecule has 2 N–H and O–H groups in total. The van der Waals surface area contributed by atoms with Crippen molar-refractivity contribution in [1.82, 2.24) is 9.80 Å². The Morgan fingerprint density at radius 3 is 1.83 bits per heavy atom. The van der Waals surface area contributed by atoms with E-state index in [0.717, 1.165) is 26.2 Å². The highest BCUT2D eigenvalue weighted by Crippen LogP contribution is 2.22. The Hall–Kier alpha value is -2.41. The molecule has 3 rings (SSSR count). The summed E-state index contributed by atoms with van der Waals surface area (Å²) in [6.45, 7) is 4.35. The van der Waals surface area contributed by atoms with Gasteiger partial charge in [0.05, 0.1) is 6.54 Å². The standard InChI is InChI=1S/C15H20N2O.C2H2O4/c18-15(17-8-4-1-5-9-17)12-16-10-13-6-2-3-7-14(13)11-16;3-1(4)2(5)6/h2-3,6-7H,1,4-5,8-12H2;(H,3,4)(H,5,6). The second-order valence-corrected chi connectivity index (χ2v) is 5.97. The topological polar surface area (TPSA) is 98.2 Å². The number of carbonyl (C=O) groups excluding carboxylic acids is 1. The fourth-order valence-electron chi connectivity index (χ4n) is 2.95. The summed E-state index contributed by atoms with van der Waals surface area (Å²) in [5.41, 5.74) is 2.76. The highest BCUT2D eigenvalue weighted by Gasteiger charge is 2.23. The molecule has 0 unspecified atom stereocenters. The van der Waals surface area contributed by atoms with Crippen LogP contribution in [-0.4, -0.2) is 57.5 Å². The summed E-state index contributed by atoms with van der Waals surface area (Å²) >= 11 is 0. The number of hydrogen-bond acceptors (Lipinski definition) is 4. The number of likely N-dealkylation sites (tertiary alicyclic amines) is 1. The molecular formula is C17H22N2O5. The van der Waals surface area contributed by atoms with Gasteiger partial charge >= 0.3 is 11.9 Å². The van der Waals surface area contributed by atoms with Gasteiger partial charge in [0.2, 0.25) is 5.91 Å². The SMILES string of the molecule is O=C(CN1Cc2ccccc2C1)N1CCCCC1.O=C(O)C(=O)O. The zero-order valence-corrected chi connectivity index (χ0v) is 13.5. The number of fused-ring (bicyclic) bond motifs is 1. The predicted octanol–water partition coefficient (Wildman–Crippen LogP) is 1.17. The highest BCUT2D eigenvalue weighted by molar-refractivity contribution is 6.27. The smallest absolute Gasteiger partial charge is 0.414 e. The van der Waals surface area contributed by atoms with Crippen molar-refractivity contribution in [1.29, 1.82) is 0 Å². The van der Waals surface area contributed by atoms with Gasteiger partial charge in [-0.15, -0.1) is 0 Å². The minimum Gasteiger partial charge on any atom is -0.473 e. The first-order chi connectivity index (χ1) is 11.5. The van der Waals surface area contributed by atoms with Crippen molar-refractivity contribution >= 4 is 17.8 Å². The largest absolute Gasteiger partial charge is 0.473 e. The average Bonchev–Trinajstić information content (AvgIpc) is 2.98. The molecule has 2 heterocycles. The van der Waals surface area contributed by atoms with Gasteiger partial charge in [-0.3, -0.25) is 9.69 Å². The third-order valence-electron chi connectivity index (χ3n) is 4.16. The van der Waals surface area contributed by atoms with Crippen LogP contribution >= 0.6 is 0 Å². The van der Waals surface area contributed by atoms with E-state index in [-0.39, 0.29) is 0 Å². The number of carbonyl (C=O) groups is 3. The summed E-state index contributed by atoms with van der Waals surface area (Å²) < 4.78 is 0. The van der Waals surface area contributed by atoms with Crippen LogP contribution in [0.1, 0.15) is 30.4 Å². The van der Waals surface area contributed by atoms with Crippen molar-refractivity contribution in [3.63, 3.8) is 0 Å². The Balaban J connectivity index is 0.000000301. The molecule has 0 radical (unpaired) electrons. The quantitative estimate of drug-likeness (QED) is 0.788. The second-order valence-electron chi connectivity index (χ2n) is 5.97. The maximum atomic E-state index is 12.2. The molecule has 130 valence electrons. The van der Waals surface area contributed by atoms with E-state index in [4.69, 9.17) is 19.8 Å². The predicted molar refractivity (Wildman–Crippen MR) is 86.3 cm³/mol. The van der Waals surface area contributed by atoms with Crippen molar-refractivity contribution in [2.75, 3.05) is 19.6 Å². The van der Waals surface area contributed by atoms with Crippen LogP contribution in [0, 0.1) is 0 Å². The van der Waals surface area contributed by atoms with Gasteiger partial charge in [0, 0.05) is 26.2 Å². The van der Waals surface area contributed by atoms with Crippen LogP contribution in [0.25, 0.3) is 0 Å². The summed E-state index contributed by atoms with van der Waals surface area (Å²) in [4.78, 5) is 34.7. The normalized spacial score (nSPS) is 16.8. The van der Waals surface area contributed by atoms with Crippen LogP contribution in [0.2, 0.25) is 0 Å². The second kappa shape index (κ2) is 8.44. The third-order valence-corrected chi connectivity index (χ3v) is 4.16. The van der Waals surface area contributed by atoms with Gasteiger partial charge in [-0.2, -0.15) is 0 Å². The molecule has 1 saturated heterocycles. The Morgan fingerprint density at radius 1 is 0.875 bits per heavy atom. The zero-order valence-electron chi connectivity index (χ0n) is 13.5. The monoisotopic (exact) mass is 334 g/mol. The maximum Gasteiger partial charge on any atom is 0.414 e. The zero-order chi connectivity index (χ0) is 17.5. The lowest BCUT2D eigenvalue weighted by Crippen LogP contribution is -2.41. The number of benzene rings is 1. The molecule has 7 heteroatoms. The van der Waals surface area contributed by atoms with Crippen molar-refractivity contribution in [2.45, 2.75) is 32.4 Å². The molecule has 0 aromatic heterocycles. The molecule has 1 amide bonds. The van der Waals surface area contributed by atoms with E-state index >= 15 is 0 Å². The first-order valence-electron chi connectivity index (χ1n) is 8.00. The molecule has 2 aliphatic rings. The molecule has 7 nitrogen and oxygen atoms in total. The first-order valence-corrected chi connectivity index (χ1v) is 8.00. The fraction of sp³-hybridized carbons (Fsp3) is 0.471. The molecule has 1 fully saturated rings. The summed E-state index contributed by atoms with van der Waals surface area (Å²) in [7, 11) is 0.